The number of benzene rings is 1. The highest BCUT2D eigenvalue weighted by Crippen LogP contribution is 2.22. The van der Waals surface area contributed by atoms with Crippen LogP contribution in [0.5, 0.6) is 0 Å². The zero-order chi connectivity index (χ0) is 12.9. The smallest absolute Gasteiger partial charge is 0.0259 e. The maximum absolute atomic E-state index is 3.43. The lowest BCUT2D eigenvalue weighted by molar-refractivity contribution is -0.0563. The van der Waals surface area contributed by atoms with E-state index < -0.39 is 0 Å². The van der Waals surface area contributed by atoms with Gasteiger partial charge in [0.25, 0.3) is 0 Å². The van der Waals surface area contributed by atoms with E-state index in [-0.39, 0.29) is 24.8 Å². The van der Waals surface area contributed by atoms with Crippen molar-refractivity contribution in [1.29, 1.82) is 0 Å². The summed E-state index contributed by atoms with van der Waals surface area (Å²) in [5.41, 5.74) is 1.50. The van der Waals surface area contributed by atoms with Crippen LogP contribution in [0.1, 0.15) is 18.4 Å². The summed E-state index contributed by atoms with van der Waals surface area (Å²) in [5.74, 6) is 0.876. The lowest BCUT2D eigenvalue weighted by Crippen LogP contribution is -2.54. The zero-order valence-electron chi connectivity index (χ0n) is 12.5. The molecule has 0 amide bonds. The van der Waals surface area contributed by atoms with Crippen LogP contribution >= 0.6 is 24.8 Å². The van der Waals surface area contributed by atoms with Crippen LogP contribution in [0.15, 0.2) is 30.3 Å². The van der Waals surface area contributed by atoms with Gasteiger partial charge in [0.2, 0.25) is 0 Å². The fourth-order valence-electron chi connectivity index (χ4n) is 3.29. The molecule has 0 unspecified atom stereocenters. The summed E-state index contributed by atoms with van der Waals surface area (Å²) in [7, 11) is 0. The summed E-state index contributed by atoms with van der Waals surface area (Å²) < 4.78 is 0. The highest BCUT2D eigenvalue weighted by atomic mass is 35.5. The average molecular weight is 332 g/mol. The van der Waals surface area contributed by atoms with Gasteiger partial charge in [-0.25, -0.2) is 10.0 Å². The number of rotatable bonds is 3. The molecule has 2 fully saturated rings. The summed E-state index contributed by atoms with van der Waals surface area (Å²) in [6, 6.07) is 11.0. The van der Waals surface area contributed by atoms with Crippen LogP contribution in [0, 0.1) is 5.92 Å². The van der Waals surface area contributed by atoms with Crippen LogP contribution in [0.2, 0.25) is 0 Å². The Bertz CT molecular complexity index is 374. The van der Waals surface area contributed by atoms with Crippen molar-refractivity contribution in [1.82, 2.24) is 15.3 Å². The Kier molecular flexibility index (Phi) is 8.60. The Labute approximate surface area is 140 Å². The molecule has 2 aliphatic rings. The molecule has 2 heterocycles. The zero-order valence-corrected chi connectivity index (χ0v) is 14.2. The minimum Gasteiger partial charge on any atom is -0.314 e. The van der Waals surface area contributed by atoms with Gasteiger partial charge in [-0.1, -0.05) is 30.3 Å². The Hall–Kier alpha value is -0.320. The highest BCUT2D eigenvalue weighted by molar-refractivity contribution is 5.85. The first-order chi connectivity index (χ1) is 9.42. The van der Waals surface area contributed by atoms with Crippen LogP contribution in [-0.2, 0) is 6.42 Å². The minimum absolute atomic E-state index is 0. The Morgan fingerprint density at radius 2 is 1.43 bits per heavy atom. The number of nitrogens with zero attached hydrogens (tertiary/aromatic N) is 2. The van der Waals surface area contributed by atoms with Crippen molar-refractivity contribution in [3.8, 4) is 0 Å². The lowest BCUT2D eigenvalue weighted by Gasteiger charge is -2.41. The van der Waals surface area contributed by atoms with E-state index in [1.807, 2.05) is 0 Å². The number of piperidine rings is 1. The van der Waals surface area contributed by atoms with E-state index >= 15 is 0 Å². The van der Waals surface area contributed by atoms with Crippen molar-refractivity contribution in [2.24, 2.45) is 5.92 Å². The van der Waals surface area contributed by atoms with Crippen molar-refractivity contribution < 1.29 is 0 Å². The molecule has 3 rings (SSSR count). The second-order valence-electron chi connectivity index (χ2n) is 5.79. The van der Waals surface area contributed by atoms with E-state index in [9.17, 15) is 0 Å². The summed E-state index contributed by atoms with van der Waals surface area (Å²) in [5, 5.41) is 8.56. The molecule has 1 aromatic carbocycles. The van der Waals surface area contributed by atoms with Crippen molar-refractivity contribution in [3.05, 3.63) is 35.9 Å². The number of hydrazine groups is 1. The number of hydrogen-bond acceptors (Lipinski definition) is 3. The first-order valence-electron chi connectivity index (χ1n) is 7.66. The monoisotopic (exact) mass is 331 g/mol. The summed E-state index contributed by atoms with van der Waals surface area (Å²) in [6.07, 6.45) is 3.95. The molecule has 1 aromatic rings. The molecule has 0 aliphatic carbocycles. The average Bonchev–Trinajstić information content (AvgIpc) is 2.50. The SMILES string of the molecule is Cl.Cl.c1ccc(CC2CCN(N3CCNCC3)CC2)cc1. The molecular formula is C16H27Cl2N3. The third-order valence-electron chi connectivity index (χ3n) is 4.45. The van der Waals surface area contributed by atoms with Crippen LogP contribution in [-0.4, -0.2) is 49.3 Å². The van der Waals surface area contributed by atoms with E-state index in [1.165, 1.54) is 51.0 Å². The van der Waals surface area contributed by atoms with Crippen LogP contribution in [0.3, 0.4) is 0 Å². The van der Waals surface area contributed by atoms with Gasteiger partial charge in [0.05, 0.1) is 0 Å². The van der Waals surface area contributed by atoms with Gasteiger partial charge in [-0.15, -0.1) is 24.8 Å². The Morgan fingerprint density at radius 3 is 2.05 bits per heavy atom. The molecular weight excluding hydrogens is 305 g/mol. The molecule has 0 atom stereocenters. The van der Waals surface area contributed by atoms with Gasteiger partial charge in [-0.2, -0.15) is 0 Å². The summed E-state index contributed by atoms with van der Waals surface area (Å²) in [4.78, 5) is 0. The fraction of sp³-hybridized carbons (Fsp3) is 0.625. The van der Waals surface area contributed by atoms with Crippen LogP contribution < -0.4 is 5.32 Å². The Morgan fingerprint density at radius 1 is 0.857 bits per heavy atom. The largest absolute Gasteiger partial charge is 0.314 e. The second-order valence-corrected chi connectivity index (χ2v) is 5.79. The van der Waals surface area contributed by atoms with Gasteiger partial charge >= 0.3 is 0 Å². The minimum atomic E-state index is 0. The van der Waals surface area contributed by atoms with Gasteiger partial charge in [0.1, 0.15) is 0 Å². The van der Waals surface area contributed by atoms with E-state index in [4.69, 9.17) is 0 Å². The van der Waals surface area contributed by atoms with E-state index in [0.717, 1.165) is 19.0 Å². The summed E-state index contributed by atoms with van der Waals surface area (Å²) in [6.45, 7) is 7.15. The molecule has 21 heavy (non-hydrogen) atoms. The lowest BCUT2D eigenvalue weighted by atomic mass is 9.91. The number of nitrogens with one attached hydrogen (secondary N) is 1. The van der Waals surface area contributed by atoms with Gasteiger partial charge in [-0.3, -0.25) is 0 Å². The molecule has 1 N–H and O–H groups in total. The molecule has 2 saturated heterocycles. The van der Waals surface area contributed by atoms with Gasteiger partial charge in [-0.05, 0) is 30.7 Å². The maximum Gasteiger partial charge on any atom is 0.0259 e. The topological polar surface area (TPSA) is 18.5 Å². The van der Waals surface area contributed by atoms with Gasteiger partial charge in [0.15, 0.2) is 0 Å². The quantitative estimate of drug-likeness (QED) is 0.918. The number of piperazine rings is 1. The standard InChI is InChI=1S/C16H25N3.2ClH/c1-2-4-15(5-3-1)14-16-6-10-18(11-7-16)19-12-8-17-9-13-19;;/h1-5,16-17H,6-14H2;2*1H. The predicted molar refractivity (Wildman–Crippen MR) is 93.4 cm³/mol. The number of hydrogen-bond donors (Lipinski definition) is 1. The van der Waals surface area contributed by atoms with Crippen LogP contribution in [0.25, 0.3) is 0 Å². The second kappa shape index (κ2) is 9.65. The van der Waals surface area contributed by atoms with Crippen molar-refractivity contribution in [3.63, 3.8) is 0 Å². The molecule has 0 spiro atoms. The van der Waals surface area contributed by atoms with E-state index in [1.54, 1.807) is 0 Å². The fourth-order valence-corrected chi connectivity index (χ4v) is 3.29. The highest BCUT2D eigenvalue weighted by Gasteiger charge is 2.24. The summed E-state index contributed by atoms with van der Waals surface area (Å²) >= 11 is 0. The van der Waals surface area contributed by atoms with Crippen molar-refractivity contribution in [2.75, 3.05) is 39.3 Å². The normalized spacial score (nSPS) is 21.3. The van der Waals surface area contributed by atoms with Gasteiger partial charge in [0, 0.05) is 39.3 Å². The Balaban J connectivity index is 0.00000110. The van der Waals surface area contributed by atoms with Crippen LogP contribution in [0.4, 0.5) is 0 Å². The third-order valence-corrected chi connectivity index (χ3v) is 4.45. The molecule has 5 heteroatoms. The predicted octanol–water partition coefficient (Wildman–Crippen LogP) is 2.60. The first kappa shape index (κ1) is 18.7. The van der Waals surface area contributed by atoms with Gasteiger partial charge < -0.3 is 5.32 Å². The molecule has 2 aliphatic heterocycles. The molecule has 0 aromatic heterocycles. The van der Waals surface area contributed by atoms with E-state index in [0.29, 0.717) is 0 Å². The maximum atomic E-state index is 3.43. The van der Waals surface area contributed by atoms with Crippen molar-refractivity contribution >= 4 is 24.8 Å². The number of halogens is 2. The van der Waals surface area contributed by atoms with Crippen molar-refractivity contribution in [2.45, 2.75) is 19.3 Å². The molecule has 3 nitrogen and oxygen atoms in total. The molecule has 0 bridgehead atoms. The molecule has 0 radical (unpaired) electrons. The first-order valence-corrected chi connectivity index (χ1v) is 7.66. The molecule has 120 valence electrons. The molecule has 0 saturated carbocycles. The van der Waals surface area contributed by atoms with E-state index in [2.05, 4.69) is 45.7 Å². The third kappa shape index (κ3) is 5.42.